The number of aryl methyl sites for hydroxylation is 1. The summed E-state index contributed by atoms with van der Waals surface area (Å²) in [6.07, 6.45) is 4.97. The standard InChI is InChI=1S/C16H22ClN3/c1-4-8-20-9-7-18-16(20)15-10-14(17)6-5-13(15)11-19-12(2)3/h5-7,9-10,12,19H,4,8,11H2,1-3H3. The largest absolute Gasteiger partial charge is 0.331 e. The number of benzene rings is 1. The third-order valence-corrected chi connectivity index (χ3v) is 3.43. The van der Waals surface area contributed by atoms with Gasteiger partial charge in [-0.1, -0.05) is 38.4 Å². The average Bonchev–Trinajstić information content (AvgIpc) is 2.85. The van der Waals surface area contributed by atoms with Crippen LogP contribution in [0.3, 0.4) is 0 Å². The predicted octanol–water partition coefficient (Wildman–Crippen LogP) is 4.11. The zero-order valence-electron chi connectivity index (χ0n) is 12.4. The Morgan fingerprint density at radius 1 is 1.35 bits per heavy atom. The van der Waals surface area contributed by atoms with E-state index in [1.807, 2.05) is 24.5 Å². The molecule has 0 spiro atoms. The average molecular weight is 292 g/mol. The van der Waals surface area contributed by atoms with E-state index in [0.717, 1.165) is 35.9 Å². The molecule has 1 aromatic carbocycles. The van der Waals surface area contributed by atoms with Crippen molar-refractivity contribution in [3.63, 3.8) is 0 Å². The van der Waals surface area contributed by atoms with E-state index in [0.29, 0.717) is 6.04 Å². The van der Waals surface area contributed by atoms with E-state index < -0.39 is 0 Å². The van der Waals surface area contributed by atoms with Gasteiger partial charge in [-0.25, -0.2) is 4.98 Å². The molecule has 4 heteroatoms. The Bertz CT molecular complexity index is 561. The highest BCUT2D eigenvalue weighted by Gasteiger charge is 2.11. The fourth-order valence-electron chi connectivity index (χ4n) is 2.20. The fraction of sp³-hybridized carbons (Fsp3) is 0.438. The number of hydrogen-bond acceptors (Lipinski definition) is 2. The molecule has 0 unspecified atom stereocenters. The highest BCUT2D eigenvalue weighted by atomic mass is 35.5. The molecule has 2 rings (SSSR count). The monoisotopic (exact) mass is 291 g/mol. The molecule has 1 N–H and O–H groups in total. The van der Waals surface area contributed by atoms with Gasteiger partial charge >= 0.3 is 0 Å². The number of rotatable bonds is 6. The Hall–Kier alpha value is -1.32. The summed E-state index contributed by atoms with van der Waals surface area (Å²) in [4.78, 5) is 4.51. The molecular weight excluding hydrogens is 270 g/mol. The Labute approximate surface area is 126 Å². The predicted molar refractivity (Wildman–Crippen MR) is 84.9 cm³/mol. The number of aromatic nitrogens is 2. The van der Waals surface area contributed by atoms with E-state index in [4.69, 9.17) is 11.6 Å². The minimum atomic E-state index is 0.453. The molecule has 0 saturated heterocycles. The van der Waals surface area contributed by atoms with E-state index in [1.165, 1.54) is 5.56 Å². The van der Waals surface area contributed by atoms with Crippen LogP contribution in [0, 0.1) is 0 Å². The molecule has 0 atom stereocenters. The van der Waals surface area contributed by atoms with E-state index >= 15 is 0 Å². The van der Waals surface area contributed by atoms with Gasteiger partial charge in [0.1, 0.15) is 5.82 Å². The van der Waals surface area contributed by atoms with Crippen molar-refractivity contribution >= 4 is 11.6 Å². The van der Waals surface area contributed by atoms with Gasteiger partial charge < -0.3 is 9.88 Å². The summed E-state index contributed by atoms with van der Waals surface area (Å²) < 4.78 is 2.19. The lowest BCUT2D eigenvalue weighted by atomic mass is 10.1. The van der Waals surface area contributed by atoms with Gasteiger partial charge in [-0.05, 0) is 24.1 Å². The van der Waals surface area contributed by atoms with Crippen LogP contribution >= 0.6 is 11.6 Å². The number of nitrogens with zero attached hydrogens (tertiary/aromatic N) is 2. The second kappa shape index (κ2) is 6.91. The Balaban J connectivity index is 2.37. The first-order valence-electron chi connectivity index (χ1n) is 7.15. The number of imidazole rings is 1. The number of halogens is 1. The highest BCUT2D eigenvalue weighted by molar-refractivity contribution is 6.30. The molecule has 20 heavy (non-hydrogen) atoms. The van der Waals surface area contributed by atoms with Gasteiger partial charge in [0.25, 0.3) is 0 Å². The van der Waals surface area contributed by atoms with Crippen molar-refractivity contribution in [1.82, 2.24) is 14.9 Å². The van der Waals surface area contributed by atoms with Crippen LogP contribution in [0.15, 0.2) is 30.6 Å². The zero-order chi connectivity index (χ0) is 14.5. The quantitative estimate of drug-likeness (QED) is 0.868. The van der Waals surface area contributed by atoms with E-state index in [-0.39, 0.29) is 0 Å². The molecule has 0 aliphatic carbocycles. The summed E-state index contributed by atoms with van der Waals surface area (Å²) >= 11 is 6.17. The van der Waals surface area contributed by atoms with Gasteiger partial charge in [0.2, 0.25) is 0 Å². The maximum atomic E-state index is 6.17. The van der Waals surface area contributed by atoms with Crippen LogP contribution in [-0.2, 0) is 13.1 Å². The van der Waals surface area contributed by atoms with Crippen LogP contribution in [-0.4, -0.2) is 15.6 Å². The first-order valence-corrected chi connectivity index (χ1v) is 7.53. The SMILES string of the molecule is CCCn1ccnc1-c1cc(Cl)ccc1CNC(C)C. The van der Waals surface area contributed by atoms with Crippen LogP contribution in [0.4, 0.5) is 0 Å². The van der Waals surface area contributed by atoms with Crippen LogP contribution in [0.25, 0.3) is 11.4 Å². The summed E-state index contributed by atoms with van der Waals surface area (Å²) in [5, 5.41) is 4.20. The normalized spacial score (nSPS) is 11.2. The Kier molecular flexibility index (Phi) is 5.21. The molecule has 0 aliphatic heterocycles. The fourth-order valence-corrected chi connectivity index (χ4v) is 2.37. The molecular formula is C16H22ClN3. The maximum Gasteiger partial charge on any atom is 0.140 e. The maximum absolute atomic E-state index is 6.17. The van der Waals surface area contributed by atoms with Crippen molar-refractivity contribution in [2.75, 3.05) is 0 Å². The highest BCUT2D eigenvalue weighted by Crippen LogP contribution is 2.26. The summed E-state index contributed by atoms with van der Waals surface area (Å²) in [7, 11) is 0. The second-order valence-corrected chi connectivity index (χ2v) is 5.72. The molecule has 2 aromatic rings. The van der Waals surface area contributed by atoms with Gasteiger partial charge in [0.05, 0.1) is 0 Å². The summed E-state index contributed by atoms with van der Waals surface area (Å²) in [6, 6.07) is 6.48. The first kappa shape index (κ1) is 15.1. The van der Waals surface area contributed by atoms with Gasteiger partial charge in [0.15, 0.2) is 0 Å². The van der Waals surface area contributed by atoms with Crippen molar-refractivity contribution in [3.8, 4) is 11.4 Å². The molecule has 1 heterocycles. The van der Waals surface area contributed by atoms with Crippen molar-refractivity contribution in [2.24, 2.45) is 0 Å². The second-order valence-electron chi connectivity index (χ2n) is 5.28. The molecule has 1 aromatic heterocycles. The van der Waals surface area contributed by atoms with Crippen molar-refractivity contribution in [1.29, 1.82) is 0 Å². The van der Waals surface area contributed by atoms with Crippen molar-refractivity contribution in [2.45, 2.75) is 46.3 Å². The number of hydrogen-bond donors (Lipinski definition) is 1. The molecule has 108 valence electrons. The van der Waals surface area contributed by atoms with Crippen LogP contribution < -0.4 is 5.32 Å². The van der Waals surface area contributed by atoms with E-state index in [1.54, 1.807) is 0 Å². The van der Waals surface area contributed by atoms with Crippen LogP contribution in [0.5, 0.6) is 0 Å². The minimum absolute atomic E-state index is 0.453. The Morgan fingerprint density at radius 2 is 2.15 bits per heavy atom. The van der Waals surface area contributed by atoms with Crippen LogP contribution in [0.2, 0.25) is 5.02 Å². The van der Waals surface area contributed by atoms with Crippen LogP contribution in [0.1, 0.15) is 32.8 Å². The van der Waals surface area contributed by atoms with Crippen molar-refractivity contribution in [3.05, 3.63) is 41.2 Å². The minimum Gasteiger partial charge on any atom is -0.331 e. The third kappa shape index (κ3) is 3.62. The lowest BCUT2D eigenvalue weighted by Crippen LogP contribution is -2.22. The molecule has 0 saturated carbocycles. The first-order chi connectivity index (χ1) is 9.61. The van der Waals surface area contributed by atoms with Crippen molar-refractivity contribution < 1.29 is 0 Å². The molecule has 0 radical (unpaired) electrons. The lowest BCUT2D eigenvalue weighted by Gasteiger charge is -2.14. The molecule has 0 amide bonds. The van der Waals surface area contributed by atoms with Gasteiger partial charge in [0, 0.05) is 42.1 Å². The molecule has 3 nitrogen and oxygen atoms in total. The zero-order valence-corrected chi connectivity index (χ0v) is 13.1. The smallest absolute Gasteiger partial charge is 0.140 e. The Morgan fingerprint density at radius 3 is 2.85 bits per heavy atom. The van der Waals surface area contributed by atoms with Gasteiger partial charge in [-0.3, -0.25) is 0 Å². The van der Waals surface area contributed by atoms with Gasteiger partial charge in [-0.2, -0.15) is 0 Å². The summed E-state index contributed by atoms with van der Waals surface area (Å²) in [5.74, 6) is 0.995. The summed E-state index contributed by atoms with van der Waals surface area (Å²) in [5.41, 5.74) is 2.34. The molecule has 0 fully saturated rings. The molecule has 0 bridgehead atoms. The lowest BCUT2D eigenvalue weighted by molar-refractivity contribution is 0.589. The van der Waals surface area contributed by atoms with E-state index in [2.05, 4.69) is 41.7 Å². The molecule has 0 aliphatic rings. The van der Waals surface area contributed by atoms with E-state index in [9.17, 15) is 0 Å². The summed E-state index contributed by atoms with van der Waals surface area (Å²) in [6.45, 7) is 8.26. The number of nitrogens with one attached hydrogen (secondary N) is 1. The topological polar surface area (TPSA) is 29.9 Å². The third-order valence-electron chi connectivity index (χ3n) is 3.19. The van der Waals surface area contributed by atoms with Gasteiger partial charge in [-0.15, -0.1) is 0 Å².